The Bertz CT molecular complexity index is 404. The first-order valence-electron chi connectivity index (χ1n) is 7.18. The van der Waals surface area contributed by atoms with E-state index in [4.69, 9.17) is 15.2 Å². The van der Waals surface area contributed by atoms with E-state index in [9.17, 15) is 9.59 Å². The van der Waals surface area contributed by atoms with Crippen LogP contribution in [0.2, 0.25) is 0 Å². The minimum Gasteiger partial charge on any atom is -0.464 e. The molecule has 114 valence electrons. The molecule has 0 aromatic rings. The van der Waals surface area contributed by atoms with Crippen molar-refractivity contribution in [3.8, 4) is 0 Å². The summed E-state index contributed by atoms with van der Waals surface area (Å²) in [5.41, 5.74) is 5.46. The molecule has 2 fully saturated rings. The lowest BCUT2D eigenvalue weighted by Gasteiger charge is -2.37. The van der Waals surface area contributed by atoms with Gasteiger partial charge in [-0.25, -0.2) is 9.59 Å². The lowest BCUT2D eigenvalue weighted by atomic mass is 9.94. The average Bonchev–Trinajstić information content (AvgIpc) is 2.82. The van der Waals surface area contributed by atoms with Gasteiger partial charge in [0.25, 0.3) is 0 Å². The summed E-state index contributed by atoms with van der Waals surface area (Å²) in [6, 6.07) is -0.661. The molecule has 0 spiro atoms. The van der Waals surface area contributed by atoms with E-state index in [0.717, 1.165) is 12.8 Å². The number of amides is 1. The molecule has 1 aliphatic carbocycles. The van der Waals surface area contributed by atoms with Crippen molar-refractivity contribution in [3.63, 3.8) is 0 Å². The maximum Gasteiger partial charge on any atom is 0.411 e. The number of hydrogen-bond acceptors (Lipinski definition) is 5. The first-order valence-corrected chi connectivity index (χ1v) is 7.18. The molecule has 1 aliphatic heterocycles. The lowest BCUT2D eigenvalue weighted by molar-refractivity contribution is -0.151. The van der Waals surface area contributed by atoms with Gasteiger partial charge >= 0.3 is 12.1 Å². The van der Waals surface area contributed by atoms with Gasteiger partial charge in [0.05, 0.1) is 6.61 Å². The predicted molar refractivity (Wildman–Crippen MR) is 73.0 cm³/mol. The fourth-order valence-electron chi connectivity index (χ4n) is 3.19. The number of nitrogens with zero attached hydrogens (tertiary/aromatic N) is 1. The topological polar surface area (TPSA) is 81.9 Å². The van der Waals surface area contributed by atoms with Gasteiger partial charge < -0.3 is 15.2 Å². The highest BCUT2D eigenvalue weighted by molar-refractivity contribution is 5.83. The van der Waals surface area contributed by atoms with E-state index in [1.54, 1.807) is 6.92 Å². The molecule has 0 aromatic heterocycles. The first-order chi connectivity index (χ1) is 9.24. The van der Waals surface area contributed by atoms with E-state index in [1.165, 1.54) is 4.90 Å². The third-order valence-corrected chi connectivity index (χ3v) is 3.87. The summed E-state index contributed by atoms with van der Waals surface area (Å²) in [5, 5.41) is 0. The smallest absolute Gasteiger partial charge is 0.411 e. The third-order valence-electron chi connectivity index (χ3n) is 3.87. The number of likely N-dealkylation sites (tertiary alicyclic amines) is 1. The van der Waals surface area contributed by atoms with Gasteiger partial charge in [-0.1, -0.05) is 0 Å². The Kier molecular flexibility index (Phi) is 3.95. The molecule has 20 heavy (non-hydrogen) atoms. The number of carbonyl (C=O) groups excluding carboxylic acids is 2. The second-order valence-electron chi connectivity index (χ2n) is 6.54. The van der Waals surface area contributed by atoms with Crippen molar-refractivity contribution < 1.29 is 19.1 Å². The molecular weight excluding hydrogens is 260 g/mol. The Labute approximate surface area is 119 Å². The Morgan fingerprint density at radius 1 is 1.30 bits per heavy atom. The molecule has 4 atom stereocenters. The summed E-state index contributed by atoms with van der Waals surface area (Å²) in [7, 11) is 0. The van der Waals surface area contributed by atoms with Crippen LogP contribution in [-0.2, 0) is 14.3 Å². The molecule has 2 N–H and O–H groups in total. The first kappa shape index (κ1) is 15.1. The van der Waals surface area contributed by atoms with Crippen LogP contribution in [0.5, 0.6) is 0 Å². The minimum atomic E-state index is -0.599. The van der Waals surface area contributed by atoms with Crippen LogP contribution in [0.3, 0.4) is 0 Å². The highest BCUT2D eigenvalue weighted by atomic mass is 16.6. The van der Waals surface area contributed by atoms with Crippen molar-refractivity contribution in [2.75, 3.05) is 6.61 Å². The SMILES string of the molecule is CCOC(=O)C1C2CC(CC2N)N1C(=O)OC(C)(C)C. The number of ether oxygens (including phenoxy) is 2. The van der Waals surface area contributed by atoms with Crippen LogP contribution in [0.25, 0.3) is 0 Å². The van der Waals surface area contributed by atoms with Crippen LogP contribution in [0, 0.1) is 5.92 Å². The number of carbonyl (C=O) groups is 2. The predicted octanol–water partition coefficient (Wildman–Crippen LogP) is 1.27. The second kappa shape index (κ2) is 5.24. The van der Waals surface area contributed by atoms with Gasteiger partial charge in [0.1, 0.15) is 11.6 Å². The van der Waals surface area contributed by atoms with E-state index in [2.05, 4.69) is 0 Å². The van der Waals surface area contributed by atoms with Gasteiger partial charge in [0.2, 0.25) is 0 Å². The summed E-state index contributed by atoms with van der Waals surface area (Å²) < 4.78 is 10.5. The average molecular weight is 284 g/mol. The summed E-state index contributed by atoms with van der Waals surface area (Å²) >= 11 is 0. The van der Waals surface area contributed by atoms with Crippen LogP contribution < -0.4 is 5.73 Å². The number of piperidine rings is 1. The zero-order valence-corrected chi connectivity index (χ0v) is 12.6. The Balaban J connectivity index is 2.17. The standard InChI is InChI=1S/C14H24N2O4/c1-5-19-12(17)11-9-6-8(7-10(9)15)16(11)13(18)20-14(2,3)4/h8-11H,5-7,15H2,1-4H3. The maximum absolute atomic E-state index is 12.3. The summed E-state index contributed by atoms with van der Waals surface area (Å²) in [6.07, 6.45) is 1.03. The maximum atomic E-state index is 12.3. The summed E-state index contributed by atoms with van der Waals surface area (Å²) in [5.74, 6) is -0.396. The van der Waals surface area contributed by atoms with Gasteiger partial charge in [-0.2, -0.15) is 0 Å². The molecule has 1 saturated carbocycles. The number of fused-ring (bicyclic) bond motifs is 2. The molecule has 0 radical (unpaired) electrons. The van der Waals surface area contributed by atoms with Crippen LogP contribution in [0.15, 0.2) is 0 Å². The third kappa shape index (κ3) is 2.75. The van der Waals surface area contributed by atoms with E-state index in [-0.39, 0.29) is 24.0 Å². The molecule has 2 bridgehead atoms. The molecule has 1 heterocycles. The number of hydrogen-bond donors (Lipinski definition) is 1. The number of rotatable bonds is 2. The van der Waals surface area contributed by atoms with E-state index in [0.29, 0.717) is 6.61 Å². The Hall–Kier alpha value is -1.30. The summed E-state index contributed by atoms with van der Waals surface area (Å²) in [6.45, 7) is 7.48. The van der Waals surface area contributed by atoms with Gasteiger partial charge in [-0.05, 0) is 40.5 Å². The van der Waals surface area contributed by atoms with Crippen LogP contribution in [0.4, 0.5) is 4.79 Å². The molecule has 2 aliphatic rings. The minimum absolute atomic E-state index is 0.0146. The van der Waals surface area contributed by atoms with Crippen molar-refractivity contribution >= 4 is 12.1 Å². The lowest BCUT2D eigenvalue weighted by Crippen LogP contribution is -2.55. The van der Waals surface area contributed by atoms with Crippen molar-refractivity contribution in [1.29, 1.82) is 0 Å². The Morgan fingerprint density at radius 2 is 1.95 bits per heavy atom. The Morgan fingerprint density at radius 3 is 2.50 bits per heavy atom. The van der Waals surface area contributed by atoms with Gasteiger partial charge in [-0.3, -0.25) is 4.90 Å². The fourth-order valence-corrected chi connectivity index (χ4v) is 3.19. The van der Waals surface area contributed by atoms with E-state index < -0.39 is 17.7 Å². The van der Waals surface area contributed by atoms with E-state index in [1.807, 2.05) is 20.8 Å². The largest absolute Gasteiger partial charge is 0.464 e. The molecule has 1 amide bonds. The van der Waals surface area contributed by atoms with Crippen molar-refractivity contribution in [2.24, 2.45) is 11.7 Å². The molecule has 1 saturated heterocycles. The van der Waals surface area contributed by atoms with Gasteiger partial charge in [-0.15, -0.1) is 0 Å². The monoisotopic (exact) mass is 284 g/mol. The highest BCUT2D eigenvalue weighted by Crippen LogP contribution is 2.42. The summed E-state index contributed by atoms with van der Waals surface area (Å²) in [4.78, 5) is 26.0. The van der Waals surface area contributed by atoms with Crippen molar-refractivity contribution in [2.45, 2.75) is 64.3 Å². The number of esters is 1. The molecule has 2 rings (SSSR count). The normalized spacial score (nSPS) is 32.4. The zero-order valence-electron chi connectivity index (χ0n) is 12.6. The molecule has 4 unspecified atom stereocenters. The van der Waals surface area contributed by atoms with Crippen LogP contribution in [-0.4, -0.2) is 47.3 Å². The van der Waals surface area contributed by atoms with Crippen LogP contribution in [0.1, 0.15) is 40.5 Å². The molecule has 0 aromatic carbocycles. The quantitative estimate of drug-likeness (QED) is 0.772. The van der Waals surface area contributed by atoms with Gasteiger partial charge in [0.15, 0.2) is 0 Å². The van der Waals surface area contributed by atoms with E-state index >= 15 is 0 Å². The molecular formula is C14H24N2O4. The molecule has 6 heteroatoms. The van der Waals surface area contributed by atoms with Crippen molar-refractivity contribution in [1.82, 2.24) is 4.90 Å². The highest BCUT2D eigenvalue weighted by Gasteiger charge is 2.56. The van der Waals surface area contributed by atoms with Gasteiger partial charge in [0, 0.05) is 18.0 Å². The second-order valence-corrected chi connectivity index (χ2v) is 6.54. The van der Waals surface area contributed by atoms with Crippen LogP contribution >= 0.6 is 0 Å². The van der Waals surface area contributed by atoms with Crippen molar-refractivity contribution in [3.05, 3.63) is 0 Å². The molecule has 6 nitrogen and oxygen atoms in total. The zero-order chi connectivity index (χ0) is 15.1. The fraction of sp³-hybridized carbons (Fsp3) is 0.857. The number of nitrogens with two attached hydrogens (primary N) is 1.